The van der Waals surface area contributed by atoms with Crippen molar-refractivity contribution in [2.75, 3.05) is 0 Å². The Morgan fingerprint density at radius 3 is 2.03 bits per heavy atom. The number of aliphatic hydroxyl groups is 1. The number of hydrogen-bond donors (Lipinski definition) is 1. The Bertz CT molecular complexity index is 1320. The molecule has 0 radical (unpaired) electrons. The summed E-state index contributed by atoms with van der Waals surface area (Å²) in [5.41, 5.74) is 7.43. The zero-order valence-electron chi connectivity index (χ0n) is 19.5. The molecule has 0 spiro atoms. The Balaban J connectivity index is 2.03. The third kappa shape index (κ3) is 4.97. The van der Waals surface area contributed by atoms with E-state index in [0.29, 0.717) is 16.8 Å². The van der Waals surface area contributed by atoms with E-state index >= 15 is 0 Å². The molecule has 34 heavy (non-hydrogen) atoms. The second-order valence-electron chi connectivity index (χ2n) is 8.69. The quantitative estimate of drug-likeness (QED) is 0.322. The van der Waals surface area contributed by atoms with Crippen LogP contribution in [0.25, 0.3) is 34.5 Å². The van der Waals surface area contributed by atoms with Crippen molar-refractivity contribution in [1.29, 1.82) is 0 Å². The lowest BCUT2D eigenvalue weighted by Crippen LogP contribution is -2.07. The fraction of sp³-hybridized carbons (Fsp3) is 0.167. The van der Waals surface area contributed by atoms with Crippen molar-refractivity contribution in [3.63, 3.8) is 0 Å². The Hall–Kier alpha value is -3.63. The molecule has 0 fully saturated rings. The zero-order chi connectivity index (χ0) is 24.2. The molecule has 3 aromatic carbocycles. The van der Waals surface area contributed by atoms with Gasteiger partial charge in [0.15, 0.2) is 0 Å². The number of pyridine rings is 1. The standard InChI is InChI=1S/C30H27F2NO/c1-19(2)29-26(16-7-21-6-4-5-20(3)17-21)28(22-8-12-24(31)13-9-22)27(18-34)30(33-29)23-10-14-25(32)15-11-23/h4-17,19,34H,18H2,1-3H3/b16-7+. The summed E-state index contributed by atoms with van der Waals surface area (Å²) < 4.78 is 27.4. The average molecular weight is 456 g/mol. The van der Waals surface area contributed by atoms with E-state index in [1.807, 2.05) is 37.3 Å². The fourth-order valence-corrected chi connectivity index (χ4v) is 4.17. The number of nitrogens with zero attached hydrogens (tertiary/aromatic N) is 1. The van der Waals surface area contributed by atoms with E-state index in [4.69, 9.17) is 4.98 Å². The number of aryl methyl sites for hydroxylation is 1. The number of aromatic nitrogens is 1. The van der Waals surface area contributed by atoms with Gasteiger partial charge >= 0.3 is 0 Å². The highest BCUT2D eigenvalue weighted by Gasteiger charge is 2.22. The first-order chi connectivity index (χ1) is 16.4. The second kappa shape index (κ2) is 10.1. The SMILES string of the molecule is Cc1cccc(/C=C/c2c(C(C)C)nc(-c3ccc(F)cc3)c(CO)c2-c2ccc(F)cc2)c1. The van der Waals surface area contributed by atoms with Gasteiger partial charge in [0.2, 0.25) is 0 Å². The van der Waals surface area contributed by atoms with Crippen molar-refractivity contribution < 1.29 is 13.9 Å². The van der Waals surface area contributed by atoms with Gasteiger partial charge < -0.3 is 5.11 Å². The van der Waals surface area contributed by atoms with Crippen LogP contribution in [0.5, 0.6) is 0 Å². The molecule has 0 amide bonds. The molecule has 0 bridgehead atoms. The summed E-state index contributed by atoms with van der Waals surface area (Å²) in [6.07, 6.45) is 4.05. The third-order valence-electron chi connectivity index (χ3n) is 5.81. The molecule has 1 aromatic heterocycles. The van der Waals surface area contributed by atoms with Gasteiger partial charge in [-0.1, -0.05) is 68.0 Å². The van der Waals surface area contributed by atoms with Gasteiger partial charge in [0.05, 0.1) is 18.0 Å². The molecule has 0 saturated carbocycles. The summed E-state index contributed by atoms with van der Waals surface area (Å²) in [7, 11) is 0. The summed E-state index contributed by atoms with van der Waals surface area (Å²) in [5.74, 6) is -0.596. The van der Waals surface area contributed by atoms with Crippen LogP contribution >= 0.6 is 0 Å². The molecule has 4 rings (SSSR count). The van der Waals surface area contributed by atoms with Gasteiger partial charge in [-0.25, -0.2) is 8.78 Å². The number of aliphatic hydroxyl groups excluding tert-OH is 1. The van der Waals surface area contributed by atoms with Gasteiger partial charge in [-0.15, -0.1) is 0 Å². The minimum Gasteiger partial charge on any atom is -0.392 e. The van der Waals surface area contributed by atoms with E-state index in [2.05, 4.69) is 19.9 Å². The first kappa shape index (κ1) is 23.5. The zero-order valence-corrected chi connectivity index (χ0v) is 19.5. The van der Waals surface area contributed by atoms with Crippen LogP contribution in [0.4, 0.5) is 8.78 Å². The monoisotopic (exact) mass is 455 g/mol. The predicted octanol–water partition coefficient (Wildman–Crippen LogP) is 7.79. The summed E-state index contributed by atoms with van der Waals surface area (Å²) in [6, 6.07) is 20.5. The molecule has 0 atom stereocenters. The highest BCUT2D eigenvalue weighted by molar-refractivity contribution is 5.87. The molecule has 4 heteroatoms. The lowest BCUT2D eigenvalue weighted by atomic mass is 9.87. The maximum atomic E-state index is 13.8. The highest BCUT2D eigenvalue weighted by atomic mass is 19.1. The van der Waals surface area contributed by atoms with E-state index in [-0.39, 0.29) is 24.2 Å². The predicted molar refractivity (Wildman–Crippen MR) is 135 cm³/mol. The van der Waals surface area contributed by atoms with E-state index in [9.17, 15) is 13.9 Å². The summed E-state index contributed by atoms with van der Waals surface area (Å²) in [4.78, 5) is 4.97. The van der Waals surface area contributed by atoms with E-state index in [1.165, 1.54) is 24.3 Å². The Morgan fingerprint density at radius 2 is 1.47 bits per heavy atom. The maximum Gasteiger partial charge on any atom is 0.123 e. The van der Waals surface area contributed by atoms with Gasteiger partial charge in [0, 0.05) is 16.7 Å². The van der Waals surface area contributed by atoms with Crippen molar-refractivity contribution in [2.45, 2.75) is 33.3 Å². The van der Waals surface area contributed by atoms with Crippen LogP contribution in [0.15, 0.2) is 72.8 Å². The second-order valence-corrected chi connectivity index (χ2v) is 8.69. The van der Waals surface area contributed by atoms with Crippen molar-refractivity contribution in [1.82, 2.24) is 4.98 Å². The van der Waals surface area contributed by atoms with E-state index < -0.39 is 0 Å². The first-order valence-corrected chi connectivity index (χ1v) is 11.3. The van der Waals surface area contributed by atoms with Crippen LogP contribution in [0.1, 0.15) is 47.7 Å². The molecular weight excluding hydrogens is 428 g/mol. The molecule has 0 aliphatic rings. The summed E-state index contributed by atoms with van der Waals surface area (Å²) >= 11 is 0. The van der Waals surface area contributed by atoms with Crippen molar-refractivity contribution in [3.05, 3.63) is 112 Å². The van der Waals surface area contributed by atoms with Crippen molar-refractivity contribution in [2.24, 2.45) is 0 Å². The molecule has 4 aromatic rings. The molecule has 172 valence electrons. The molecule has 1 N–H and O–H groups in total. The lowest BCUT2D eigenvalue weighted by Gasteiger charge is -2.21. The Morgan fingerprint density at radius 1 is 0.853 bits per heavy atom. The first-order valence-electron chi connectivity index (χ1n) is 11.3. The highest BCUT2D eigenvalue weighted by Crippen LogP contribution is 2.39. The minimum absolute atomic E-state index is 0.0725. The fourth-order valence-electron chi connectivity index (χ4n) is 4.17. The lowest BCUT2D eigenvalue weighted by molar-refractivity contribution is 0.282. The largest absolute Gasteiger partial charge is 0.392 e. The van der Waals surface area contributed by atoms with Crippen LogP contribution in [0.3, 0.4) is 0 Å². The average Bonchev–Trinajstić information content (AvgIpc) is 2.83. The summed E-state index contributed by atoms with van der Waals surface area (Å²) in [6.45, 7) is 5.90. The maximum absolute atomic E-state index is 13.8. The molecular formula is C30H27F2NO. The van der Waals surface area contributed by atoms with Crippen LogP contribution in [-0.2, 0) is 6.61 Å². The number of benzene rings is 3. The molecule has 0 aliphatic carbocycles. The van der Waals surface area contributed by atoms with Crippen molar-refractivity contribution in [3.8, 4) is 22.4 Å². The van der Waals surface area contributed by atoms with Gasteiger partial charge in [0.25, 0.3) is 0 Å². The molecule has 2 nitrogen and oxygen atoms in total. The van der Waals surface area contributed by atoms with Crippen LogP contribution in [0, 0.1) is 18.6 Å². The van der Waals surface area contributed by atoms with E-state index in [1.54, 1.807) is 24.3 Å². The smallest absolute Gasteiger partial charge is 0.123 e. The normalized spacial score (nSPS) is 11.5. The topological polar surface area (TPSA) is 33.1 Å². The van der Waals surface area contributed by atoms with Crippen LogP contribution in [0.2, 0.25) is 0 Å². The third-order valence-corrected chi connectivity index (χ3v) is 5.81. The number of halogens is 2. The van der Waals surface area contributed by atoms with Gasteiger partial charge in [-0.05, 0) is 65.9 Å². The van der Waals surface area contributed by atoms with Crippen molar-refractivity contribution >= 4 is 12.2 Å². The van der Waals surface area contributed by atoms with Gasteiger partial charge in [-0.2, -0.15) is 0 Å². The number of hydrogen-bond acceptors (Lipinski definition) is 2. The van der Waals surface area contributed by atoms with Gasteiger partial charge in [0.1, 0.15) is 11.6 Å². The molecule has 0 unspecified atom stereocenters. The Kier molecular flexibility index (Phi) is 6.99. The van der Waals surface area contributed by atoms with Crippen LogP contribution < -0.4 is 0 Å². The molecule has 0 saturated heterocycles. The molecule has 1 heterocycles. The number of rotatable bonds is 6. The van der Waals surface area contributed by atoms with Gasteiger partial charge in [-0.3, -0.25) is 4.98 Å². The van der Waals surface area contributed by atoms with Crippen LogP contribution in [-0.4, -0.2) is 10.1 Å². The Labute approximate surface area is 199 Å². The summed E-state index contributed by atoms with van der Waals surface area (Å²) in [5, 5.41) is 10.5. The minimum atomic E-state index is -0.338. The van der Waals surface area contributed by atoms with E-state index in [0.717, 1.165) is 33.5 Å². The molecule has 0 aliphatic heterocycles.